The van der Waals surface area contributed by atoms with Crippen LogP contribution in [0.5, 0.6) is 0 Å². The van der Waals surface area contributed by atoms with Crippen molar-refractivity contribution in [3.63, 3.8) is 0 Å². The molecule has 0 aliphatic carbocycles. The van der Waals surface area contributed by atoms with E-state index in [9.17, 15) is 24.0 Å². The summed E-state index contributed by atoms with van der Waals surface area (Å²) in [7, 11) is 0. The predicted molar refractivity (Wildman–Crippen MR) is 123 cm³/mol. The maximum absolute atomic E-state index is 12.9. The van der Waals surface area contributed by atoms with Crippen molar-refractivity contribution in [1.29, 1.82) is 0 Å². The normalized spacial score (nSPS) is 21.1. The van der Waals surface area contributed by atoms with Gasteiger partial charge in [-0.15, -0.1) is 0 Å². The summed E-state index contributed by atoms with van der Waals surface area (Å²) in [5.74, 6) is -0.900. The average molecular weight is 483 g/mol. The number of hydrogen-bond acceptors (Lipinski definition) is 7. The van der Waals surface area contributed by atoms with E-state index in [1.165, 1.54) is 4.90 Å². The Kier molecular flexibility index (Phi) is 8.90. The number of ether oxygens (including phenoxy) is 2. The van der Waals surface area contributed by atoms with Crippen LogP contribution in [0.15, 0.2) is 0 Å². The summed E-state index contributed by atoms with van der Waals surface area (Å²) in [5.41, 5.74) is -1.53. The van der Waals surface area contributed by atoms with Gasteiger partial charge in [-0.3, -0.25) is 9.59 Å². The molecule has 11 heteroatoms. The van der Waals surface area contributed by atoms with E-state index in [0.717, 1.165) is 0 Å². The summed E-state index contributed by atoms with van der Waals surface area (Å²) in [5, 5.41) is 7.92. The first kappa shape index (κ1) is 27.4. The summed E-state index contributed by atoms with van der Waals surface area (Å²) in [6.07, 6.45) is 0.481. The SMILES string of the molecule is CC(C)C[C@H](NC(=O)OC1(C)CN(C(=O)OC(C)(C)C)C1)C(=O)N[C@H](C=O)C[C@H]1CCNC1=O. The van der Waals surface area contributed by atoms with Crippen LogP contribution in [0.2, 0.25) is 0 Å². The second-order valence-electron chi connectivity index (χ2n) is 10.8. The number of likely N-dealkylation sites (tertiary alicyclic amines) is 1. The van der Waals surface area contributed by atoms with Crippen LogP contribution in [0.4, 0.5) is 9.59 Å². The molecule has 34 heavy (non-hydrogen) atoms. The van der Waals surface area contributed by atoms with Gasteiger partial charge in [0.1, 0.15) is 23.5 Å². The zero-order valence-electron chi connectivity index (χ0n) is 20.9. The van der Waals surface area contributed by atoms with E-state index in [1.54, 1.807) is 27.7 Å². The number of nitrogens with one attached hydrogen (secondary N) is 3. The first-order valence-electron chi connectivity index (χ1n) is 11.7. The van der Waals surface area contributed by atoms with Crippen molar-refractivity contribution in [3.8, 4) is 0 Å². The summed E-state index contributed by atoms with van der Waals surface area (Å²) < 4.78 is 10.8. The van der Waals surface area contributed by atoms with Crippen LogP contribution in [0.25, 0.3) is 0 Å². The molecule has 0 aromatic rings. The first-order valence-corrected chi connectivity index (χ1v) is 11.7. The zero-order chi connectivity index (χ0) is 25.7. The molecular weight excluding hydrogens is 444 g/mol. The molecule has 3 atom stereocenters. The Morgan fingerprint density at radius 3 is 2.38 bits per heavy atom. The second kappa shape index (κ2) is 11.1. The molecule has 0 saturated carbocycles. The van der Waals surface area contributed by atoms with E-state index in [0.29, 0.717) is 25.7 Å². The van der Waals surface area contributed by atoms with E-state index < -0.39 is 41.4 Å². The Balaban J connectivity index is 1.90. The molecule has 3 N–H and O–H groups in total. The highest BCUT2D eigenvalue weighted by Crippen LogP contribution is 2.27. The molecule has 2 rings (SSSR count). The second-order valence-corrected chi connectivity index (χ2v) is 10.8. The van der Waals surface area contributed by atoms with Crippen molar-refractivity contribution < 1.29 is 33.4 Å². The molecule has 192 valence electrons. The number of hydrogen-bond donors (Lipinski definition) is 3. The van der Waals surface area contributed by atoms with Crippen LogP contribution < -0.4 is 16.0 Å². The molecule has 11 nitrogen and oxygen atoms in total. The van der Waals surface area contributed by atoms with Gasteiger partial charge in [-0.1, -0.05) is 13.8 Å². The smallest absolute Gasteiger partial charge is 0.410 e. The van der Waals surface area contributed by atoms with E-state index in [-0.39, 0.29) is 37.3 Å². The fraction of sp³-hybridized carbons (Fsp3) is 0.783. The Morgan fingerprint density at radius 1 is 1.24 bits per heavy atom. The highest BCUT2D eigenvalue weighted by atomic mass is 16.6. The quantitative estimate of drug-likeness (QED) is 0.421. The van der Waals surface area contributed by atoms with E-state index in [4.69, 9.17) is 9.47 Å². The van der Waals surface area contributed by atoms with Gasteiger partial charge >= 0.3 is 12.2 Å². The van der Waals surface area contributed by atoms with Gasteiger partial charge in [-0.25, -0.2) is 9.59 Å². The molecule has 2 fully saturated rings. The maximum Gasteiger partial charge on any atom is 0.410 e. The van der Waals surface area contributed by atoms with Crippen LogP contribution in [-0.2, 0) is 23.9 Å². The minimum absolute atomic E-state index is 0.0771. The predicted octanol–water partition coefficient (Wildman–Crippen LogP) is 1.35. The van der Waals surface area contributed by atoms with Crippen molar-refractivity contribution in [2.75, 3.05) is 19.6 Å². The summed E-state index contributed by atoms with van der Waals surface area (Å²) in [6.45, 7) is 11.7. The van der Waals surface area contributed by atoms with E-state index in [1.807, 2.05) is 13.8 Å². The van der Waals surface area contributed by atoms with E-state index >= 15 is 0 Å². The summed E-state index contributed by atoms with van der Waals surface area (Å²) >= 11 is 0. The first-order chi connectivity index (χ1) is 15.7. The van der Waals surface area contributed by atoms with Gasteiger partial charge in [-0.05, 0) is 52.9 Å². The number of amides is 4. The lowest BCUT2D eigenvalue weighted by atomic mass is 9.97. The molecule has 2 aliphatic heterocycles. The minimum Gasteiger partial charge on any atom is -0.444 e. The molecule has 2 aliphatic rings. The van der Waals surface area contributed by atoms with Gasteiger partial charge in [0.25, 0.3) is 0 Å². The Labute approximate surface area is 200 Å². The Hall–Kier alpha value is -2.85. The third-order valence-corrected chi connectivity index (χ3v) is 5.55. The lowest BCUT2D eigenvalue weighted by Gasteiger charge is -2.46. The number of carbonyl (C=O) groups excluding carboxylic acids is 5. The molecule has 0 unspecified atom stereocenters. The number of alkyl carbamates (subject to hydrolysis) is 1. The lowest BCUT2D eigenvalue weighted by Crippen LogP contribution is -2.65. The molecule has 0 aromatic carbocycles. The Bertz CT molecular complexity index is 787. The fourth-order valence-electron chi connectivity index (χ4n) is 3.99. The zero-order valence-corrected chi connectivity index (χ0v) is 20.9. The monoisotopic (exact) mass is 482 g/mol. The Morgan fingerprint density at radius 2 is 1.88 bits per heavy atom. The average Bonchev–Trinajstić information content (AvgIpc) is 3.07. The largest absolute Gasteiger partial charge is 0.444 e. The molecule has 0 spiro atoms. The van der Waals surface area contributed by atoms with Crippen molar-refractivity contribution in [1.82, 2.24) is 20.9 Å². The molecule has 2 saturated heterocycles. The lowest BCUT2D eigenvalue weighted by molar-refractivity contribution is -0.128. The highest BCUT2D eigenvalue weighted by molar-refractivity contribution is 5.88. The molecule has 0 radical (unpaired) electrons. The third-order valence-electron chi connectivity index (χ3n) is 5.55. The van der Waals surface area contributed by atoms with Crippen LogP contribution in [-0.4, -0.2) is 78.1 Å². The van der Waals surface area contributed by atoms with Gasteiger partial charge in [0.05, 0.1) is 19.1 Å². The highest BCUT2D eigenvalue weighted by Gasteiger charge is 2.46. The molecule has 0 aromatic heterocycles. The van der Waals surface area contributed by atoms with Crippen LogP contribution in [0.3, 0.4) is 0 Å². The maximum atomic E-state index is 12.9. The summed E-state index contributed by atoms with van der Waals surface area (Å²) in [4.78, 5) is 62.3. The van der Waals surface area contributed by atoms with Gasteiger partial charge in [0.15, 0.2) is 0 Å². The topological polar surface area (TPSA) is 143 Å². The van der Waals surface area contributed by atoms with Gasteiger partial charge in [0, 0.05) is 12.5 Å². The van der Waals surface area contributed by atoms with Crippen molar-refractivity contribution in [2.24, 2.45) is 11.8 Å². The van der Waals surface area contributed by atoms with Crippen LogP contribution in [0.1, 0.15) is 60.8 Å². The molecule has 0 bridgehead atoms. The molecule has 2 heterocycles. The van der Waals surface area contributed by atoms with Crippen LogP contribution in [0, 0.1) is 11.8 Å². The summed E-state index contributed by atoms with van der Waals surface area (Å²) in [6, 6.07) is -1.75. The number of carbonyl (C=O) groups is 5. The fourth-order valence-corrected chi connectivity index (χ4v) is 3.99. The van der Waals surface area contributed by atoms with Crippen molar-refractivity contribution >= 4 is 30.3 Å². The molecular formula is C23H38N4O7. The van der Waals surface area contributed by atoms with Gasteiger partial charge in [0.2, 0.25) is 11.8 Å². The van der Waals surface area contributed by atoms with Gasteiger partial charge < -0.3 is 35.1 Å². The number of rotatable bonds is 9. The minimum atomic E-state index is -0.919. The standard InChI is InChI=1S/C23H38N4O7/c1-14(2)9-17(19(30)25-16(11-28)10-15-7-8-24-18(15)29)26-20(31)33-23(6)12-27(13-23)21(32)34-22(3,4)5/h11,14-17H,7-10,12-13H2,1-6H3,(H,24,29)(H,25,30)(H,26,31)/t15-,16+,17+/m1/s1. The van der Waals surface area contributed by atoms with Crippen LogP contribution >= 0.6 is 0 Å². The van der Waals surface area contributed by atoms with Crippen molar-refractivity contribution in [2.45, 2.75) is 84.1 Å². The van der Waals surface area contributed by atoms with E-state index in [2.05, 4.69) is 16.0 Å². The van der Waals surface area contributed by atoms with Crippen molar-refractivity contribution in [3.05, 3.63) is 0 Å². The number of aldehydes is 1. The number of nitrogens with zero attached hydrogens (tertiary/aromatic N) is 1. The molecule has 4 amide bonds. The van der Waals surface area contributed by atoms with Gasteiger partial charge in [-0.2, -0.15) is 0 Å². The third kappa shape index (κ3) is 8.18.